The highest BCUT2D eigenvalue weighted by Crippen LogP contribution is 2.25. The van der Waals surface area contributed by atoms with Crippen LogP contribution in [0.4, 0.5) is 0 Å². The summed E-state index contributed by atoms with van der Waals surface area (Å²) in [5.41, 5.74) is 2.50. The summed E-state index contributed by atoms with van der Waals surface area (Å²) in [5.74, 6) is 3.19. The molecular weight excluding hydrogens is 258 g/mol. The maximum Gasteiger partial charge on any atom is 0.138 e. The molecule has 5 heteroatoms. The number of thioether (sulfide) groups is 1. The Hall–Kier alpha value is -1.67. The Kier molecular flexibility index (Phi) is 3.34. The second kappa shape index (κ2) is 5.14. The van der Waals surface area contributed by atoms with Gasteiger partial charge in [0, 0.05) is 0 Å². The van der Waals surface area contributed by atoms with Gasteiger partial charge in [-0.2, -0.15) is 22.1 Å². The van der Waals surface area contributed by atoms with Gasteiger partial charge in [-0.15, -0.1) is 0 Å². The minimum Gasteiger partial charge on any atom is -0.489 e. The molecule has 1 fully saturated rings. The molecule has 4 nitrogen and oxygen atoms in total. The normalized spacial score (nSPS) is 16.4. The van der Waals surface area contributed by atoms with E-state index in [1.54, 1.807) is 10.7 Å². The van der Waals surface area contributed by atoms with Gasteiger partial charge in [-0.05, 0) is 42.9 Å². The summed E-state index contributed by atoms with van der Waals surface area (Å²) in [6.45, 7) is 1.99. The van der Waals surface area contributed by atoms with Crippen LogP contribution in [0.1, 0.15) is 24.0 Å². The van der Waals surface area contributed by atoms with E-state index >= 15 is 0 Å². The maximum absolute atomic E-state index is 9.04. The van der Waals surface area contributed by atoms with Crippen LogP contribution < -0.4 is 4.74 Å². The molecule has 1 aliphatic heterocycles. The van der Waals surface area contributed by atoms with Gasteiger partial charge in [-0.1, -0.05) is 0 Å². The van der Waals surface area contributed by atoms with Gasteiger partial charge < -0.3 is 4.74 Å². The zero-order valence-electron chi connectivity index (χ0n) is 10.8. The number of pyridine rings is 1. The molecule has 0 spiro atoms. The summed E-state index contributed by atoms with van der Waals surface area (Å²) in [5, 5.41) is 13.3. The molecule has 1 saturated heterocycles. The first-order valence-corrected chi connectivity index (χ1v) is 7.56. The van der Waals surface area contributed by atoms with Gasteiger partial charge in [0.2, 0.25) is 0 Å². The molecule has 0 aliphatic carbocycles. The Labute approximate surface area is 116 Å². The quantitative estimate of drug-likeness (QED) is 0.844. The number of fused-ring (bicyclic) bond motifs is 1. The van der Waals surface area contributed by atoms with E-state index in [4.69, 9.17) is 10.00 Å². The van der Waals surface area contributed by atoms with Crippen molar-refractivity contribution in [2.75, 3.05) is 11.5 Å². The van der Waals surface area contributed by atoms with E-state index in [0.717, 1.165) is 29.7 Å². The smallest absolute Gasteiger partial charge is 0.138 e. The van der Waals surface area contributed by atoms with E-state index < -0.39 is 0 Å². The first kappa shape index (κ1) is 12.4. The number of hydrogen-bond acceptors (Lipinski definition) is 4. The van der Waals surface area contributed by atoms with Crippen molar-refractivity contribution in [1.29, 1.82) is 5.26 Å². The fourth-order valence-electron chi connectivity index (χ4n) is 2.43. The fraction of sp³-hybridized carbons (Fsp3) is 0.429. The van der Waals surface area contributed by atoms with Crippen molar-refractivity contribution in [3.8, 4) is 11.8 Å². The lowest BCUT2D eigenvalue weighted by Crippen LogP contribution is -2.22. The number of ether oxygens (including phenoxy) is 1. The molecule has 19 heavy (non-hydrogen) atoms. The van der Waals surface area contributed by atoms with Crippen LogP contribution >= 0.6 is 11.8 Å². The van der Waals surface area contributed by atoms with E-state index in [1.165, 1.54) is 11.5 Å². The summed E-state index contributed by atoms with van der Waals surface area (Å²) in [4.78, 5) is 0. The maximum atomic E-state index is 9.04. The molecule has 2 aromatic heterocycles. The lowest BCUT2D eigenvalue weighted by atomic mass is 10.2. The summed E-state index contributed by atoms with van der Waals surface area (Å²) in [6.07, 6.45) is 5.98. The summed E-state index contributed by atoms with van der Waals surface area (Å²) >= 11 is 1.99. The van der Waals surface area contributed by atoms with Crippen LogP contribution in [0.3, 0.4) is 0 Å². The van der Waals surface area contributed by atoms with E-state index in [-0.39, 0.29) is 0 Å². The molecule has 0 aromatic carbocycles. The lowest BCUT2D eigenvalue weighted by molar-refractivity contribution is 0.191. The van der Waals surface area contributed by atoms with Crippen molar-refractivity contribution in [2.45, 2.75) is 25.9 Å². The van der Waals surface area contributed by atoms with Crippen molar-refractivity contribution in [3.63, 3.8) is 0 Å². The van der Waals surface area contributed by atoms with E-state index in [1.807, 2.05) is 30.9 Å². The summed E-state index contributed by atoms with van der Waals surface area (Å²) < 4.78 is 7.77. The van der Waals surface area contributed by atoms with Crippen LogP contribution in [-0.4, -0.2) is 27.2 Å². The van der Waals surface area contributed by atoms with Crippen LogP contribution in [0.15, 0.2) is 18.5 Å². The number of nitriles is 1. The van der Waals surface area contributed by atoms with Gasteiger partial charge in [0.05, 0.1) is 23.5 Å². The van der Waals surface area contributed by atoms with E-state index in [0.29, 0.717) is 11.7 Å². The molecule has 98 valence electrons. The van der Waals surface area contributed by atoms with Gasteiger partial charge in [0.15, 0.2) is 0 Å². The predicted molar refractivity (Wildman–Crippen MR) is 75.6 cm³/mol. The molecule has 1 aliphatic rings. The third kappa shape index (κ3) is 2.41. The van der Waals surface area contributed by atoms with Gasteiger partial charge in [-0.25, -0.2) is 4.52 Å². The molecule has 3 heterocycles. The van der Waals surface area contributed by atoms with Crippen molar-refractivity contribution >= 4 is 17.3 Å². The molecule has 3 rings (SSSR count). The highest BCUT2D eigenvalue weighted by Gasteiger charge is 2.16. The number of rotatable bonds is 2. The molecule has 0 N–H and O–H groups in total. The Morgan fingerprint density at radius 2 is 2.26 bits per heavy atom. The fourth-order valence-corrected chi connectivity index (χ4v) is 3.49. The van der Waals surface area contributed by atoms with Crippen LogP contribution in [-0.2, 0) is 0 Å². The van der Waals surface area contributed by atoms with Crippen molar-refractivity contribution in [2.24, 2.45) is 0 Å². The van der Waals surface area contributed by atoms with Gasteiger partial charge in [0.25, 0.3) is 0 Å². The highest BCUT2D eigenvalue weighted by molar-refractivity contribution is 7.99. The molecular formula is C14H15N3OS. The SMILES string of the molecule is Cc1cc(OC2CCSCC2)cn2ncc(C#N)c12. The second-order valence-electron chi connectivity index (χ2n) is 4.75. The predicted octanol–water partition coefficient (Wildman–Crippen LogP) is 2.79. The van der Waals surface area contributed by atoms with Crippen molar-refractivity contribution in [1.82, 2.24) is 9.61 Å². The first-order chi connectivity index (χ1) is 9.28. The van der Waals surface area contributed by atoms with Crippen LogP contribution in [0.5, 0.6) is 5.75 Å². The molecule has 0 radical (unpaired) electrons. The Bertz CT molecular complexity index is 638. The van der Waals surface area contributed by atoms with E-state index in [9.17, 15) is 0 Å². The molecule has 0 amide bonds. The third-order valence-electron chi connectivity index (χ3n) is 3.37. The lowest BCUT2D eigenvalue weighted by Gasteiger charge is -2.23. The largest absolute Gasteiger partial charge is 0.489 e. The average Bonchev–Trinajstić information content (AvgIpc) is 2.83. The molecule has 0 unspecified atom stereocenters. The van der Waals surface area contributed by atoms with Gasteiger partial charge >= 0.3 is 0 Å². The minimum absolute atomic E-state index is 0.309. The summed E-state index contributed by atoms with van der Waals surface area (Å²) in [6, 6.07) is 4.16. The standard InChI is InChI=1S/C14H15N3OS/c1-10-6-13(18-12-2-4-19-5-3-12)9-17-14(10)11(7-15)8-16-17/h6,8-9,12H,2-5H2,1H3. The van der Waals surface area contributed by atoms with E-state index in [2.05, 4.69) is 11.2 Å². The molecule has 2 aromatic rings. The number of aryl methyl sites for hydroxylation is 1. The van der Waals surface area contributed by atoms with Gasteiger partial charge in [-0.3, -0.25) is 0 Å². The van der Waals surface area contributed by atoms with Crippen LogP contribution in [0.2, 0.25) is 0 Å². The average molecular weight is 273 g/mol. The van der Waals surface area contributed by atoms with Crippen molar-refractivity contribution in [3.05, 3.63) is 29.6 Å². The van der Waals surface area contributed by atoms with Crippen LogP contribution in [0, 0.1) is 18.3 Å². The second-order valence-corrected chi connectivity index (χ2v) is 5.98. The Balaban J connectivity index is 1.91. The molecule has 0 saturated carbocycles. The minimum atomic E-state index is 0.309. The third-order valence-corrected chi connectivity index (χ3v) is 4.42. The monoisotopic (exact) mass is 273 g/mol. The van der Waals surface area contributed by atoms with Gasteiger partial charge in [0.1, 0.15) is 17.9 Å². The number of nitrogens with zero attached hydrogens (tertiary/aromatic N) is 3. The Morgan fingerprint density at radius 3 is 3.00 bits per heavy atom. The zero-order valence-corrected chi connectivity index (χ0v) is 11.6. The van der Waals surface area contributed by atoms with Crippen molar-refractivity contribution < 1.29 is 4.74 Å². The number of aromatic nitrogens is 2. The first-order valence-electron chi connectivity index (χ1n) is 6.40. The van der Waals surface area contributed by atoms with Crippen LogP contribution in [0.25, 0.3) is 5.52 Å². The highest BCUT2D eigenvalue weighted by atomic mass is 32.2. The topological polar surface area (TPSA) is 50.3 Å². The Morgan fingerprint density at radius 1 is 1.47 bits per heavy atom. The number of hydrogen-bond donors (Lipinski definition) is 0. The molecule has 0 bridgehead atoms. The molecule has 0 atom stereocenters. The summed E-state index contributed by atoms with van der Waals surface area (Å²) in [7, 11) is 0. The zero-order chi connectivity index (χ0) is 13.2.